The van der Waals surface area contributed by atoms with Crippen LogP contribution in [0.5, 0.6) is 5.75 Å². The lowest BCUT2D eigenvalue weighted by atomic mass is 9.89. The molecule has 0 bridgehead atoms. The fraction of sp³-hybridized carbons (Fsp3) is 0.375. The summed E-state index contributed by atoms with van der Waals surface area (Å²) in [6.45, 7) is 2.55. The van der Waals surface area contributed by atoms with Gasteiger partial charge in [-0.3, -0.25) is 9.78 Å². The number of nitrogens with zero attached hydrogens (tertiary/aromatic N) is 4. The van der Waals surface area contributed by atoms with Gasteiger partial charge in [-0.1, -0.05) is 18.2 Å². The summed E-state index contributed by atoms with van der Waals surface area (Å²) >= 11 is 6.76. The Morgan fingerprint density at radius 3 is 2.41 bits per heavy atom. The van der Waals surface area contributed by atoms with Gasteiger partial charge in [0.25, 0.3) is 0 Å². The molecule has 230 valence electrons. The summed E-state index contributed by atoms with van der Waals surface area (Å²) in [5.74, 6) is 0.306. The highest BCUT2D eigenvalue weighted by molar-refractivity contribution is 9.11. The third kappa shape index (κ3) is 6.56. The van der Waals surface area contributed by atoms with E-state index in [0.717, 1.165) is 29.7 Å². The number of likely N-dealkylation sites (tertiary alicyclic amines) is 2. The highest BCUT2D eigenvalue weighted by atomic mass is 79.9. The molecule has 2 saturated heterocycles. The van der Waals surface area contributed by atoms with Crippen LogP contribution in [0.2, 0.25) is 0 Å². The van der Waals surface area contributed by atoms with E-state index >= 15 is 0 Å². The Hall–Kier alpha value is -3.64. The number of halogens is 2. The fourth-order valence-corrected chi connectivity index (χ4v) is 7.68. The second-order valence-electron chi connectivity index (χ2n) is 11.6. The van der Waals surface area contributed by atoms with Crippen molar-refractivity contribution in [2.45, 2.75) is 50.2 Å². The summed E-state index contributed by atoms with van der Waals surface area (Å²) in [6, 6.07) is 13.9. The van der Waals surface area contributed by atoms with E-state index in [2.05, 4.69) is 47.5 Å². The molecule has 0 saturated carbocycles. The first kappa shape index (κ1) is 30.4. The Bertz CT molecular complexity index is 1530. The monoisotopic (exact) mass is 724 g/mol. The predicted octanol–water partition coefficient (Wildman–Crippen LogP) is 5.46. The van der Waals surface area contributed by atoms with E-state index in [1.165, 1.54) is 5.56 Å². The van der Waals surface area contributed by atoms with Gasteiger partial charge in [0.05, 0.1) is 15.0 Å². The smallest absolute Gasteiger partial charge is 0.322 e. The lowest BCUT2D eigenvalue weighted by Gasteiger charge is -2.35. The van der Waals surface area contributed by atoms with Gasteiger partial charge in [-0.25, -0.2) is 9.59 Å². The number of phenols is 1. The lowest BCUT2D eigenvalue weighted by Crippen LogP contribution is -2.54. The number of amides is 5. The number of hydrogen-bond acceptors (Lipinski definition) is 5. The van der Waals surface area contributed by atoms with Gasteiger partial charge in [0.1, 0.15) is 11.8 Å². The Morgan fingerprint density at radius 2 is 1.68 bits per heavy atom. The molecular formula is C32H34Br2N6O4. The number of pyridine rings is 1. The molecule has 44 heavy (non-hydrogen) atoms. The molecule has 3 aromatic rings. The number of aromatic nitrogens is 1. The van der Waals surface area contributed by atoms with Crippen molar-refractivity contribution in [1.82, 2.24) is 25.0 Å². The molecule has 0 aliphatic carbocycles. The minimum atomic E-state index is -0.799. The molecule has 1 unspecified atom stereocenters. The van der Waals surface area contributed by atoms with Crippen molar-refractivity contribution in [3.63, 3.8) is 0 Å². The van der Waals surface area contributed by atoms with Gasteiger partial charge in [0.2, 0.25) is 5.91 Å². The van der Waals surface area contributed by atoms with Crippen molar-refractivity contribution in [3.05, 3.63) is 86.6 Å². The second kappa shape index (κ2) is 13.2. The minimum Gasteiger partial charge on any atom is -0.506 e. The van der Waals surface area contributed by atoms with Crippen LogP contribution in [0.15, 0.2) is 69.9 Å². The zero-order chi connectivity index (χ0) is 30.8. The van der Waals surface area contributed by atoms with Crippen molar-refractivity contribution < 1.29 is 19.5 Å². The Labute approximate surface area is 273 Å². The van der Waals surface area contributed by atoms with Crippen molar-refractivity contribution >= 4 is 55.5 Å². The molecule has 2 fully saturated rings. The maximum Gasteiger partial charge on any atom is 0.322 e. The molecule has 2 aromatic carbocycles. The summed E-state index contributed by atoms with van der Waals surface area (Å²) in [4.78, 5) is 49.9. The number of benzene rings is 2. The standard InChI is InChI=1S/C32H34Br2N6O4/c33-25-15-20(16-26(34)29(25)41)17-28(30(42)38-12-7-22(8-13-38)21-5-10-35-11-6-21)37-31(43)39-14-9-24(19-39)40-18-23-3-1-2-4-27(23)36-32(40)44/h1-6,10-11,15-16,22,24,28,41H,7-9,12-14,17-19H2,(H,36,44)(H,37,43)/t24?,28-/m1/s1. The number of para-hydroxylation sites is 1. The first-order chi connectivity index (χ1) is 21.3. The SMILES string of the molecule is O=C(N[C@H](Cc1cc(Br)c(O)c(Br)c1)C(=O)N1CCC(c2ccncc2)CC1)N1CCC(N2Cc3ccccc3NC2=O)C1. The number of piperidine rings is 1. The summed E-state index contributed by atoms with van der Waals surface area (Å²) in [7, 11) is 0. The number of urea groups is 2. The molecule has 10 nitrogen and oxygen atoms in total. The number of rotatable bonds is 6. The van der Waals surface area contributed by atoms with E-state index in [0.29, 0.717) is 54.0 Å². The topological polar surface area (TPSA) is 118 Å². The predicted molar refractivity (Wildman–Crippen MR) is 173 cm³/mol. The summed E-state index contributed by atoms with van der Waals surface area (Å²) in [6.07, 6.45) is 6.18. The normalized spacial score (nSPS) is 19.4. The van der Waals surface area contributed by atoms with Gasteiger partial charge in [-0.15, -0.1) is 0 Å². The average molecular weight is 726 g/mol. The van der Waals surface area contributed by atoms with Gasteiger partial charge < -0.3 is 30.4 Å². The van der Waals surface area contributed by atoms with Gasteiger partial charge in [0, 0.05) is 57.2 Å². The number of carbonyl (C=O) groups excluding carboxylic acids is 3. The molecule has 12 heteroatoms. The maximum absolute atomic E-state index is 14.0. The van der Waals surface area contributed by atoms with Gasteiger partial charge in [0.15, 0.2) is 0 Å². The van der Waals surface area contributed by atoms with Crippen LogP contribution in [-0.4, -0.2) is 81.0 Å². The van der Waals surface area contributed by atoms with Crippen LogP contribution < -0.4 is 10.6 Å². The molecule has 3 aliphatic rings. The quantitative estimate of drug-likeness (QED) is 0.312. The highest BCUT2D eigenvalue weighted by Crippen LogP contribution is 2.34. The molecule has 2 atom stereocenters. The number of phenolic OH excluding ortho intramolecular Hbond substituents is 1. The highest BCUT2D eigenvalue weighted by Gasteiger charge is 2.37. The molecule has 0 spiro atoms. The first-order valence-corrected chi connectivity index (χ1v) is 16.4. The van der Waals surface area contributed by atoms with Crippen molar-refractivity contribution in [3.8, 4) is 5.75 Å². The molecule has 3 aliphatic heterocycles. The number of carbonyl (C=O) groups is 3. The zero-order valence-electron chi connectivity index (χ0n) is 24.1. The van der Waals surface area contributed by atoms with E-state index in [1.807, 2.05) is 41.3 Å². The number of nitrogens with one attached hydrogen (secondary N) is 2. The Morgan fingerprint density at radius 1 is 1.00 bits per heavy atom. The minimum absolute atomic E-state index is 0.0753. The van der Waals surface area contributed by atoms with E-state index < -0.39 is 6.04 Å². The van der Waals surface area contributed by atoms with Crippen molar-refractivity contribution in [2.75, 3.05) is 31.5 Å². The third-order valence-corrected chi connectivity index (χ3v) is 10.1. The zero-order valence-corrected chi connectivity index (χ0v) is 27.3. The third-order valence-electron chi connectivity index (χ3n) is 8.85. The number of hydrogen-bond donors (Lipinski definition) is 3. The lowest BCUT2D eigenvalue weighted by molar-refractivity contribution is -0.134. The molecule has 4 heterocycles. The summed E-state index contributed by atoms with van der Waals surface area (Å²) in [5.41, 5.74) is 3.87. The van der Waals surface area contributed by atoms with Crippen LogP contribution in [-0.2, 0) is 17.8 Å². The fourth-order valence-electron chi connectivity index (χ4n) is 6.40. The molecule has 5 amide bonds. The van der Waals surface area contributed by atoms with E-state index in [9.17, 15) is 19.5 Å². The van der Waals surface area contributed by atoms with Gasteiger partial charge >= 0.3 is 12.1 Å². The van der Waals surface area contributed by atoms with E-state index in [-0.39, 0.29) is 36.2 Å². The van der Waals surface area contributed by atoms with E-state index in [4.69, 9.17) is 0 Å². The largest absolute Gasteiger partial charge is 0.506 e. The molecule has 1 aromatic heterocycles. The van der Waals surface area contributed by atoms with Crippen LogP contribution in [0, 0.1) is 0 Å². The molecule has 0 radical (unpaired) electrons. The van der Waals surface area contributed by atoms with Crippen LogP contribution in [0.1, 0.15) is 41.9 Å². The summed E-state index contributed by atoms with van der Waals surface area (Å²) < 4.78 is 1.00. The van der Waals surface area contributed by atoms with Crippen LogP contribution >= 0.6 is 31.9 Å². The maximum atomic E-state index is 14.0. The molecular weight excluding hydrogens is 692 g/mol. The first-order valence-electron chi connectivity index (χ1n) is 14.8. The van der Waals surface area contributed by atoms with E-state index in [1.54, 1.807) is 34.3 Å². The van der Waals surface area contributed by atoms with Crippen LogP contribution in [0.4, 0.5) is 15.3 Å². The number of anilines is 1. The van der Waals surface area contributed by atoms with Crippen molar-refractivity contribution in [2.24, 2.45) is 0 Å². The van der Waals surface area contributed by atoms with Gasteiger partial charge in [-0.05, 0) is 104 Å². The summed E-state index contributed by atoms with van der Waals surface area (Å²) in [5, 5.41) is 16.2. The van der Waals surface area contributed by atoms with Crippen LogP contribution in [0.3, 0.4) is 0 Å². The molecule has 6 rings (SSSR count). The van der Waals surface area contributed by atoms with Crippen molar-refractivity contribution in [1.29, 1.82) is 0 Å². The average Bonchev–Trinajstić information content (AvgIpc) is 3.53. The molecule has 3 N–H and O–H groups in total. The second-order valence-corrected chi connectivity index (χ2v) is 13.3. The number of aromatic hydroxyl groups is 1. The van der Waals surface area contributed by atoms with Gasteiger partial charge in [-0.2, -0.15) is 0 Å². The Balaban J connectivity index is 1.14. The number of fused-ring (bicyclic) bond motifs is 1. The van der Waals surface area contributed by atoms with Crippen LogP contribution in [0.25, 0.3) is 0 Å². The Kier molecular flexibility index (Phi) is 9.08.